The zero-order valence-electron chi connectivity index (χ0n) is 9.33. The molecule has 80 valence electrons. The van der Waals surface area contributed by atoms with Gasteiger partial charge in [-0.2, -0.15) is 26.0 Å². The minimum Gasteiger partial charge on any atom is -1.00 e. The molecule has 0 aromatic rings. The Kier molecular flexibility index (Phi) is 26.5. The summed E-state index contributed by atoms with van der Waals surface area (Å²) in [4.78, 5) is 0. The second-order valence-electron chi connectivity index (χ2n) is 2.58. The van der Waals surface area contributed by atoms with Crippen LogP contribution in [0.1, 0.15) is 26.7 Å². The molecule has 0 unspecified atom stereocenters. The number of hydrogen-bond donors (Lipinski definition) is 0. The Morgan fingerprint density at radius 3 is 1.33 bits per heavy atom. The van der Waals surface area contributed by atoms with Crippen LogP contribution in [0.15, 0.2) is 36.5 Å². The van der Waals surface area contributed by atoms with Gasteiger partial charge in [-0.15, -0.1) is 12.8 Å². The molecule has 0 radical (unpaired) electrons. The van der Waals surface area contributed by atoms with Crippen molar-refractivity contribution in [1.82, 2.24) is 0 Å². The molecule has 0 saturated carbocycles. The monoisotopic (exact) mass is 256 g/mol. The van der Waals surface area contributed by atoms with Gasteiger partial charge in [-0.05, 0) is 0 Å². The summed E-state index contributed by atoms with van der Waals surface area (Å²) in [6.07, 6.45) is 22.0. The second kappa shape index (κ2) is 19.5. The molecule has 0 N–H and O–H groups in total. The second-order valence-corrected chi connectivity index (χ2v) is 2.58. The maximum absolute atomic E-state index is 2.99. The Labute approximate surface area is 116 Å². The van der Waals surface area contributed by atoms with E-state index in [-0.39, 0.29) is 34.1 Å². The van der Waals surface area contributed by atoms with Gasteiger partial charge in [0, 0.05) is 0 Å². The van der Waals surface area contributed by atoms with Crippen LogP contribution in [0.3, 0.4) is 0 Å². The van der Waals surface area contributed by atoms with E-state index in [2.05, 4.69) is 24.3 Å². The molecule has 2 rings (SSSR count). The standard InChI is InChI=1S/2C5H5.C3H7.ClH.Ti/c2*1-2-4-5-3-1;1-3-2;;/h2*1-3H,4H2;3H,1-2H3;1H;/q3*-1;;+4/p-1. The van der Waals surface area contributed by atoms with Crippen molar-refractivity contribution in [2.24, 2.45) is 0 Å². The Morgan fingerprint density at radius 2 is 1.27 bits per heavy atom. The van der Waals surface area contributed by atoms with Gasteiger partial charge in [0.25, 0.3) is 0 Å². The fourth-order valence-electron chi connectivity index (χ4n) is 0.680. The Morgan fingerprint density at radius 1 is 0.933 bits per heavy atom. The molecule has 0 bridgehead atoms. The third-order valence-corrected chi connectivity index (χ3v) is 1.17. The number of hydrogen-bond acceptors (Lipinski definition) is 0. The molecule has 0 nitrogen and oxygen atoms in total. The molecule has 0 aliphatic heterocycles. The van der Waals surface area contributed by atoms with Gasteiger partial charge in [-0.1, -0.05) is 0 Å². The SMILES string of the molecule is C[CH-]C.[C-]1=CC=CC1.[C-]1=CC=CC1.[Cl-].[Ti+4]. The van der Waals surface area contributed by atoms with E-state index in [1.807, 2.05) is 44.6 Å². The minimum absolute atomic E-state index is 0. The summed E-state index contributed by atoms with van der Waals surface area (Å²) in [6.45, 7) is 4.00. The average Bonchev–Trinajstić information content (AvgIpc) is 2.85. The van der Waals surface area contributed by atoms with Crippen LogP contribution >= 0.6 is 0 Å². The van der Waals surface area contributed by atoms with Crippen molar-refractivity contribution in [1.29, 1.82) is 0 Å². The van der Waals surface area contributed by atoms with Gasteiger partial charge in [0.15, 0.2) is 0 Å². The van der Waals surface area contributed by atoms with Gasteiger partial charge < -0.3 is 18.8 Å². The number of rotatable bonds is 0. The van der Waals surface area contributed by atoms with Crippen LogP contribution in [-0.2, 0) is 21.7 Å². The van der Waals surface area contributed by atoms with Gasteiger partial charge in [-0.3, -0.25) is 12.2 Å². The predicted molar refractivity (Wildman–Crippen MR) is 58.8 cm³/mol. The normalized spacial score (nSPS) is 12.9. The maximum atomic E-state index is 2.99. The first-order valence-corrected chi connectivity index (χ1v) is 4.59. The van der Waals surface area contributed by atoms with E-state index in [0.717, 1.165) is 12.8 Å². The van der Waals surface area contributed by atoms with E-state index in [1.165, 1.54) is 0 Å². The van der Waals surface area contributed by atoms with Crippen molar-refractivity contribution in [2.45, 2.75) is 26.7 Å². The van der Waals surface area contributed by atoms with Crippen molar-refractivity contribution in [2.75, 3.05) is 0 Å². The van der Waals surface area contributed by atoms with Crippen LogP contribution in [0, 0.1) is 18.6 Å². The van der Waals surface area contributed by atoms with Crippen LogP contribution < -0.4 is 12.4 Å². The first-order chi connectivity index (χ1) is 6.41. The van der Waals surface area contributed by atoms with Crippen molar-refractivity contribution >= 4 is 0 Å². The fourth-order valence-corrected chi connectivity index (χ4v) is 0.680. The number of allylic oxidation sites excluding steroid dienone is 8. The van der Waals surface area contributed by atoms with E-state index in [0.29, 0.717) is 0 Å². The van der Waals surface area contributed by atoms with Gasteiger partial charge in [0.2, 0.25) is 0 Å². The van der Waals surface area contributed by atoms with Crippen molar-refractivity contribution in [3.63, 3.8) is 0 Å². The molecule has 2 aliphatic carbocycles. The van der Waals surface area contributed by atoms with Crippen molar-refractivity contribution < 1.29 is 34.1 Å². The van der Waals surface area contributed by atoms with E-state index in [4.69, 9.17) is 0 Å². The summed E-state index contributed by atoms with van der Waals surface area (Å²) < 4.78 is 0. The van der Waals surface area contributed by atoms with Crippen LogP contribution in [-0.4, -0.2) is 0 Å². The van der Waals surface area contributed by atoms with Crippen LogP contribution in [0.5, 0.6) is 0 Å². The quantitative estimate of drug-likeness (QED) is 0.445. The van der Waals surface area contributed by atoms with Gasteiger partial charge >= 0.3 is 21.7 Å². The number of halogens is 1. The molecule has 0 fully saturated rings. The molecular formula is C13H17ClTi. The largest absolute Gasteiger partial charge is 4.00 e. The van der Waals surface area contributed by atoms with E-state index >= 15 is 0 Å². The predicted octanol–water partition coefficient (Wildman–Crippen LogP) is 0.843. The zero-order valence-corrected chi connectivity index (χ0v) is 11.7. The Bertz CT molecular complexity index is 161. The van der Waals surface area contributed by atoms with Gasteiger partial charge in [-0.25, -0.2) is 24.3 Å². The summed E-state index contributed by atoms with van der Waals surface area (Å²) in [6, 6.07) is 0. The van der Waals surface area contributed by atoms with Crippen LogP contribution in [0.4, 0.5) is 0 Å². The van der Waals surface area contributed by atoms with Gasteiger partial charge in [0.05, 0.1) is 0 Å². The summed E-state index contributed by atoms with van der Waals surface area (Å²) >= 11 is 0. The van der Waals surface area contributed by atoms with E-state index in [9.17, 15) is 0 Å². The fraction of sp³-hybridized carbons (Fsp3) is 0.308. The van der Waals surface area contributed by atoms with Crippen molar-refractivity contribution in [3.8, 4) is 0 Å². The third-order valence-electron chi connectivity index (χ3n) is 1.17. The Balaban J connectivity index is -0.000000140. The minimum atomic E-state index is 0. The molecule has 0 aromatic carbocycles. The molecule has 0 heterocycles. The van der Waals surface area contributed by atoms with Gasteiger partial charge in [0.1, 0.15) is 0 Å². The first-order valence-electron chi connectivity index (χ1n) is 4.59. The first kappa shape index (κ1) is 20.4. The summed E-state index contributed by atoms with van der Waals surface area (Å²) in [5.74, 6) is 0. The third kappa shape index (κ3) is 20.1. The molecule has 15 heavy (non-hydrogen) atoms. The molecule has 0 spiro atoms. The van der Waals surface area contributed by atoms with Crippen molar-refractivity contribution in [3.05, 3.63) is 55.0 Å². The molecule has 0 aromatic heterocycles. The zero-order chi connectivity index (χ0) is 9.78. The summed E-state index contributed by atoms with van der Waals surface area (Å²) in [5.41, 5.74) is 0. The molecule has 2 aliphatic rings. The molecular weight excluding hydrogens is 239 g/mol. The topological polar surface area (TPSA) is 0 Å². The van der Waals surface area contributed by atoms with E-state index < -0.39 is 0 Å². The smallest absolute Gasteiger partial charge is 1.00 e. The molecule has 0 amide bonds. The summed E-state index contributed by atoms with van der Waals surface area (Å²) in [5, 5.41) is 0. The molecule has 0 atom stereocenters. The average molecular weight is 257 g/mol. The van der Waals surface area contributed by atoms with Crippen LogP contribution in [0.25, 0.3) is 0 Å². The Hall–Kier alpha value is -0.0357. The maximum Gasteiger partial charge on any atom is 4.00 e. The summed E-state index contributed by atoms with van der Waals surface area (Å²) in [7, 11) is 0. The molecule has 0 saturated heterocycles. The van der Waals surface area contributed by atoms with Crippen LogP contribution in [0.2, 0.25) is 0 Å². The van der Waals surface area contributed by atoms with E-state index in [1.54, 1.807) is 0 Å². The molecule has 2 heteroatoms.